The van der Waals surface area contributed by atoms with Gasteiger partial charge in [0.1, 0.15) is 0 Å². The molecule has 0 saturated carbocycles. The summed E-state index contributed by atoms with van der Waals surface area (Å²) >= 11 is 0. The van der Waals surface area contributed by atoms with Crippen molar-refractivity contribution in [3.05, 3.63) is 59.7 Å². The number of esters is 1. The molecule has 0 amide bonds. The van der Waals surface area contributed by atoms with Crippen LogP contribution in [0.3, 0.4) is 0 Å². The number of Topliss-reactive ketones (excluding diaryl/α,β-unsaturated/α-hetero) is 1. The molecule has 3 heteroatoms. The number of ether oxygens (including phenoxy) is 1. The van der Waals surface area contributed by atoms with Crippen molar-refractivity contribution < 1.29 is 14.3 Å². The minimum atomic E-state index is -0.226. The summed E-state index contributed by atoms with van der Waals surface area (Å²) in [5.74, 6) is 0.232. The second-order valence-corrected chi connectivity index (χ2v) is 6.98. The maximum Gasteiger partial charge on any atom is 0.306 e. The molecule has 0 radical (unpaired) electrons. The van der Waals surface area contributed by atoms with Crippen LogP contribution in [0.1, 0.15) is 57.4 Å². The van der Waals surface area contributed by atoms with Crippen LogP contribution in [0, 0.1) is 5.92 Å². The number of rotatable bonds is 9. The average molecular weight is 340 g/mol. The van der Waals surface area contributed by atoms with Gasteiger partial charge in [-0.15, -0.1) is 0 Å². The molecule has 1 aliphatic carbocycles. The molecule has 0 N–H and O–H groups in total. The Morgan fingerprint density at radius 3 is 2.48 bits per heavy atom. The highest BCUT2D eigenvalue weighted by Crippen LogP contribution is 2.27. The first-order chi connectivity index (χ1) is 12.1. The van der Waals surface area contributed by atoms with E-state index in [1.54, 1.807) is 0 Å². The minimum absolute atomic E-state index is 0.0970. The summed E-state index contributed by atoms with van der Waals surface area (Å²) in [5.41, 5.74) is 1.78. The molecule has 134 valence electrons. The minimum Gasteiger partial charge on any atom is -0.466 e. The highest BCUT2D eigenvalue weighted by molar-refractivity contribution is 5.98. The summed E-state index contributed by atoms with van der Waals surface area (Å²) in [4.78, 5) is 24.8. The van der Waals surface area contributed by atoms with E-state index in [4.69, 9.17) is 4.74 Å². The van der Waals surface area contributed by atoms with E-state index < -0.39 is 0 Å². The zero-order chi connectivity index (χ0) is 18.1. The lowest BCUT2D eigenvalue weighted by molar-refractivity contribution is -0.144. The zero-order valence-corrected chi connectivity index (χ0v) is 15.2. The van der Waals surface area contributed by atoms with Crippen LogP contribution >= 0.6 is 0 Å². The number of hydrogen-bond donors (Lipinski definition) is 0. The molecule has 0 heterocycles. The largest absolute Gasteiger partial charge is 0.466 e. The Bertz CT molecular complexity index is 626. The monoisotopic (exact) mass is 340 g/mol. The normalized spacial score (nSPS) is 14.9. The average Bonchev–Trinajstić information content (AvgIpc) is 2.62. The highest BCUT2D eigenvalue weighted by Gasteiger charge is 2.22. The van der Waals surface area contributed by atoms with E-state index in [2.05, 4.69) is 13.8 Å². The Hall–Kier alpha value is -2.16. The van der Waals surface area contributed by atoms with Gasteiger partial charge in [0.05, 0.1) is 13.0 Å². The molecule has 1 unspecified atom stereocenters. The Morgan fingerprint density at radius 1 is 1.08 bits per heavy atom. The van der Waals surface area contributed by atoms with Gasteiger partial charge in [-0.05, 0) is 30.7 Å². The van der Waals surface area contributed by atoms with Gasteiger partial charge in [-0.3, -0.25) is 9.59 Å². The van der Waals surface area contributed by atoms with Crippen LogP contribution in [-0.4, -0.2) is 18.4 Å². The lowest BCUT2D eigenvalue weighted by Gasteiger charge is -2.17. The van der Waals surface area contributed by atoms with Gasteiger partial charge in [-0.2, -0.15) is 0 Å². The predicted octanol–water partition coefficient (Wildman–Crippen LogP) is 4.99. The standard InChI is InChI=1S/C22H28O3/c1-17(2)13-14-25-22(24)16-20(18-9-5-3-6-10-18)15-21(23)19-11-7-4-8-12-19/h3,5-7,9-12,17,20H,4,8,13-16H2,1-2H3. The summed E-state index contributed by atoms with van der Waals surface area (Å²) in [7, 11) is 0. The molecular weight excluding hydrogens is 312 g/mol. The maximum atomic E-state index is 12.6. The Kier molecular flexibility index (Phi) is 7.65. The van der Waals surface area contributed by atoms with Crippen LogP contribution in [-0.2, 0) is 14.3 Å². The van der Waals surface area contributed by atoms with Gasteiger partial charge < -0.3 is 4.74 Å². The van der Waals surface area contributed by atoms with Gasteiger partial charge in [-0.1, -0.05) is 62.4 Å². The third-order valence-electron chi connectivity index (χ3n) is 4.39. The van der Waals surface area contributed by atoms with Gasteiger partial charge in [0.25, 0.3) is 0 Å². The van der Waals surface area contributed by atoms with Crippen LogP contribution in [0.25, 0.3) is 0 Å². The third-order valence-corrected chi connectivity index (χ3v) is 4.39. The molecule has 25 heavy (non-hydrogen) atoms. The maximum absolute atomic E-state index is 12.6. The van der Waals surface area contributed by atoms with Crippen molar-refractivity contribution in [1.29, 1.82) is 0 Å². The molecule has 3 nitrogen and oxygen atoms in total. The topological polar surface area (TPSA) is 43.4 Å². The van der Waals surface area contributed by atoms with Crippen molar-refractivity contribution in [2.45, 2.75) is 51.9 Å². The van der Waals surface area contributed by atoms with E-state index in [1.165, 1.54) is 0 Å². The van der Waals surface area contributed by atoms with Crippen LogP contribution in [0.15, 0.2) is 54.1 Å². The van der Waals surface area contributed by atoms with Crippen molar-refractivity contribution in [3.8, 4) is 0 Å². The van der Waals surface area contributed by atoms with Gasteiger partial charge in [0.2, 0.25) is 0 Å². The first-order valence-corrected chi connectivity index (χ1v) is 9.16. The van der Waals surface area contributed by atoms with Crippen molar-refractivity contribution in [2.24, 2.45) is 5.92 Å². The molecule has 0 fully saturated rings. The molecule has 0 spiro atoms. The van der Waals surface area contributed by atoms with Crippen molar-refractivity contribution in [1.82, 2.24) is 0 Å². The summed E-state index contributed by atoms with van der Waals surface area (Å²) in [6, 6.07) is 9.78. The van der Waals surface area contributed by atoms with Gasteiger partial charge in [0.15, 0.2) is 5.78 Å². The number of ketones is 1. The summed E-state index contributed by atoms with van der Waals surface area (Å²) in [5, 5.41) is 0. The van der Waals surface area contributed by atoms with Gasteiger partial charge in [-0.25, -0.2) is 0 Å². The first kappa shape index (κ1) is 19.2. The fraction of sp³-hybridized carbons (Fsp3) is 0.455. The van der Waals surface area contributed by atoms with Crippen molar-refractivity contribution >= 4 is 11.8 Å². The van der Waals surface area contributed by atoms with E-state index in [0.29, 0.717) is 18.9 Å². The molecule has 1 aliphatic rings. The fourth-order valence-electron chi connectivity index (χ4n) is 2.86. The number of hydrogen-bond acceptors (Lipinski definition) is 3. The molecule has 0 aliphatic heterocycles. The van der Waals surface area contributed by atoms with E-state index in [0.717, 1.165) is 30.4 Å². The Morgan fingerprint density at radius 2 is 1.84 bits per heavy atom. The number of benzene rings is 1. The SMILES string of the molecule is CC(C)CCOC(=O)CC(CC(=O)C1=CCCC=C1)c1ccccc1. The second-order valence-electron chi connectivity index (χ2n) is 6.98. The lowest BCUT2D eigenvalue weighted by Crippen LogP contribution is -2.16. The predicted molar refractivity (Wildman–Crippen MR) is 100 cm³/mol. The summed E-state index contributed by atoms with van der Waals surface area (Å²) in [6.07, 6.45) is 9.25. The second kappa shape index (κ2) is 9.97. The molecule has 1 aromatic rings. The molecule has 1 aromatic carbocycles. The molecule has 0 aromatic heterocycles. The van der Waals surface area contributed by atoms with Crippen LogP contribution in [0.5, 0.6) is 0 Å². The highest BCUT2D eigenvalue weighted by atomic mass is 16.5. The van der Waals surface area contributed by atoms with E-state index in [1.807, 2.05) is 48.6 Å². The number of allylic oxidation sites excluding steroid dienone is 4. The molecule has 0 saturated heterocycles. The quantitative estimate of drug-likeness (QED) is 0.595. The molecular formula is C22H28O3. The summed E-state index contributed by atoms with van der Waals surface area (Å²) < 4.78 is 5.35. The van der Waals surface area contributed by atoms with E-state index >= 15 is 0 Å². The fourth-order valence-corrected chi connectivity index (χ4v) is 2.86. The van der Waals surface area contributed by atoms with Crippen molar-refractivity contribution in [2.75, 3.05) is 6.61 Å². The first-order valence-electron chi connectivity index (χ1n) is 9.16. The van der Waals surface area contributed by atoms with Crippen molar-refractivity contribution in [3.63, 3.8) is 0 Å². The number of carbonyl (C=O) groups excluding carboxylic acids is 2. The van der Waals surface area contributed by atoms with Gasteiger partial charge >= 0.3 is 5.97 Å². The Balaban J connectivity index is 2.01. The van der Waals surface area contributed by atoms with E-state index in [-0.39, 0.29) is 24.1 Å². The zero-order valence-electron chi connectivity index (χ0n) is 15.2. The lowest BCUT2D eigenvalue weighted by atomic mass is 9.88. The van der Waals surface area contributed by atoms with E-state index in [9.17, 15) is 9.59 Å². The molecule has 1 atom stereocenters. The van der Waals surface area contributed by atoms with Crippen LogP contribution in [0.4, 0.5) is 0 Å². The van der Waals surface area contributed by atoms with Crippen LogP contribution in [0.2, 0.25) is 0 Å². The van der Waals surface area contributed by atoms with Gasteiger partial charge in [0, 0.05) is 17.9 Å². The van der Waals surface area contributed by atoms with Crippen LogP contribution < -0.4 is 0 Å². The number of carbonyl (C=O) groups is 2. The molecule has 0 bridgehead atoms. The third kappa shape index (κ3) is 6.69. The molecule has 2 rings (SSSR count). The summed E-state index contributed by atoms with van der Waals surface area (Å²) in [6.45, 7) is 4.65. The Labute approximate surface area is 150 Å². The smallest absolute Gasteiger partial charge is 0.306 e.